The van der Waals surface area contributed by atoms with Gasteiger partial charge in [0, 0.05) is 42.3 Å². The summed E-state index contributed by atoms with van der Waals surface area (Å²) in [5.74, 6) is 3.75. The van der Waals surface area contributed by atoms with E-state index < -0.39 is 5.97 Å². The maximum Gasteiger partial charge on any atom is 0.318 e. The molecule has 2 saturated heterocycles. The molecule has 0 aliphatic carbocycles. The van der Waals surface area contributed by atoms with Crippen LogP contribution in [0.2, 0.25) is 5.02 Å². The number of carboxylic acids is 1. The average molecular weight is 452 g/mol. The van der Waals surface area contributed by atoms with Gasteiger partial charge in [-0.15, -0.1) is 0 Å². The number of aliphatic carboxylic acids is 1. The first kappa shape index (κ1) is 22.3. The van der Waals surface area contributed by atoms with Gasteiger partial charge in [0.25, 0.3) is 0 Å². The monoisotopic (exact) mass is 451 g/mol. The summed E-state index contributed by atoms with van der Waals surface area (Å²) < 4.78 is 0. The van der Waals surface area contributed by atoms with Crippen LogP contribution >= 0.6 is 22.9 Å². The molecule has 1 atom stereocenters. The third kappa shape index (κ3) is 5.39. The van der Waals surface area contributed by atoms with E-state index in [1.807, 2.05) is 23.6 Å². The standard InChI is InChI=1S/C17H20ClN5S.C2H6N2O2/c18-12-2-1-3-13(8-12)22-6-4-17(10-22)5-7-23(11-17)16-21-9-14(24-16)15(19)20;3-4-1-2(5)6/h1-3,8-9H,4-7,10-11H2,(H3,19,20);4H,1,3H2,(H,5,6). The molecule has 0 amide bonds. The van der Waals surface area contributed by atoms with Crippen molar-refractivity contribution in [1.82, 2.24) is 10.4 Å². The maximum atomic E-state index is 9.46. The zero-order valence-electron chi connectivity index (χ0n) is 16.5. The van der Waals surface area contributed by atoms with Gasteiger partial charge in [-0.3, -0.25) is 16.0 Å². The molecule has 2 aliphatic heterocycles. The van der Waals surface area contributed by atoms with Crippen LogP contribution in [0.3, 0.4) is 0 Å². The molecule has 0 radical (unpaired) electrons. The van der Waals surface area contributed by atoms with Gasteiger partial charge < -0.3 is 20.6 Å². The van der Waals surface area contributed by atoms with E-state index in [0.717, 1.165) is 41.2 Å². The lowest BCUT2D eigenvalue weighted by Gasteiger charge is -2.25. The van der Waals surface area contributed by atoms with Crippen LogP contribution in [0.4, 0.5) is 10.8 Å². The number of hydrogen-bond donors (Lipinski definition) is 5. The molecule has 2 aliphatic rings. The summed E-state index contributed by atoms with van der Waals surface area (Å²) in [6.07, 6.45) is 4.08. The highest BCUT2D eigenvalue weighted by Gasteiger charge is 2.44. The summed E-state index contributed by atoms with van der Waals surface area (Å²) in [4.78, 5) is 19.4. The first-order valence-electron chi connectivity index (χ1n) is 9.53. The van der Waals surface area contributed by atoms with Crippen LogP contribution in [0.1, 0.15) is 17.7 Å². The summed E-state index contributed by atoms with van der Waals surface area (Å²) in [5, 5.41) is 17.1. The number of nitrogen functional groups attached to an aromatic ring is 1. The number of nitrogens with zero attached hydrogens (tertiary/aromatic N) is 3. The summed E-state index contributed by atoms with van der Waals surface area (Å²) in [6, 6.07) is 8.12. The van der Waals surface area contributed by atoms with E-state index in [2.05, 4.69) is 26.7 Å². The molecule has 3 heterocycles. The Morgan fingerprint density at radius 2 is 2.03 bits per heavy atom. The molecule has 0 saturated carbocycles. The quantitative estimate of drug-likeness (QED) is 0.200. The first-order valence-corrected chi connectivity index (χ1v) is 10.7. The van der Waals surface area contributed by atoms with Gasteiger partial charge in [-0.2, -0.15) is 0 Å². The minimum atomic E-state index is -0.947. The fourth-order valence-electron chi connectivity index (χ4n) is 3.88. The highest BCUT2D eigenvalue weighted by Crippen LogP contribution is 2.43. The lowest BCUT2D eigenvalue weighted by Crippen LogP contribution is -2.30. The minimum absolute atomic E-state index is 0.0978. The Morgan fingerprint density at radius 1 is 1.33 bits per heavy atom. The molecule has 1 spiro atoms. The van der Waals surface area contributed by atoms with Gasteiger partial charge in [-0.1, -0.05) is 29.0 Å². The van der Waals surface area contributed by atoms with Crippen LogP contribution in [0.5, 0.6) is 0 Å². The van der Waals surface area contributed by atoms with Crippen LogP contribution in [-0.2, 0) is 4.79 Å². The van der Waals surface area contributed by atoms with Crippen molar-refractivity contribution < 1.29 is 9.90 Å². The van der Waals surface area contributed by atoms with Gasteiger partial charge in [0.2, 0.25) is 0 Å². The van der Waals surface area contributed by atoms with Crippen molar-refractivity contribution in [3.63, 3.8) is 0 Å². The van der Waals surface area contributed by atoms with Gasteiger partial charge in [0.05, 0.1) is 11.1 Å². The second-order valence-corrected chi connectivity index (χ2v) is 8.96. The Labute approximate surface area is 184 Å². The highest BCUT2D eigenvalue weighted by molar-refractivity contribution is 7.17. The Hall–Kier alpha value is -2.40. The van der Waals surface area contributed by atoms with E-state index >= 15 is 0 Å². The molecule has 162 valence electrons. The van der Waals surface area contributed by atoms with Crippen molar-refractivity contribution >= 4 is 45.6 Å². The molecule has 1 aromatic heterocycles. The molecule has 30 heavy (non-hydrogen) atoms. The number of rotatable bonds is 5. The van der Waals surface area contributed by atoms with E-state index in [0.29, 0.717) is 5.41 Å². The summed E-state index contributed by atoms with van der Waals surface area (Å²) >= 11 is 7.65. The number of nitrogens with one attached hydrogen (secondary N) is 2. The normalized spacial score (nSPS) is 20.3. The van der Waals surface area contributed by atoms with Crippen LogP contribution in [0.15, 0.2) is 30.5 Å². The lowest BCUT2D eigenvalue weighted by atomic mass is 9.86. The molecular formula is C19H26ClN7O2S. The van der Waals surface area contributed by atoms with Crippen LogP contribution in [0.25, 0.3) is 0 Å². The van der Waals surface area contributed by atoms with E-state index in [1.165, 1.54) is 29.9 Å². The largest absolute Gasteiger partial charge is 0.480 e. The molecule has 0 bridgehead atoms. The zero-order valence-corrected chi connectivity index (χ0v) is 18.0. The zero-order chi connectivity index (χ0) is 21.7. The van der Waals surface area contributed by atoms with Crippen molar-refractivity contribution in [3.05, 3.63) is 40.4 Å². The van der Waals surface area contributed by atoms with Gasteiger partial charge in [0.1, 0.15) is 12.4 Å². The summed E-state index contributed by atoms with van der Waals surface area (Å²) in [5.41, 5.74) is 9.06. The number of halogens is 1. The molecule has 2 fully saturated rings. The number of amidine groups is 1. The number of hydrazine groups is 1. The van der Waals surface area contributed by atoms with Gasteiger partial charge in [-0.05, 0) is 31.0 Å². The topological polar surface area (TPSA) is 145 Å². The fraction of sp³-hybridized carbons (Fsp3) is 0.421. The van der Waals surface area contributed by atoms with Crippen LogP contribution in [0, 0.1) is 10.8 Å². The van der Waals surface area contributed by atoms with Crippen molar-refractivity contribution in [3.8, 4) is 0 Å². The Morgan fingerprint density at radius 3 is 2.60 bits per heavy atom. The van der Waals surface area contributed by atoms with Crippen LogP contribution < -0.4 is 26.8 Å². The SMILES string of the molecule is N=C(N)c1cnc(N2CCC3(CCN(c4cccc(Cl)c4)C3)C2)s1.NNCC(=O)O. The summed E-state index contributed by atoms with van der Waals surface area (Å²) in [7, 11) is 0. The second kappa shape index (κ2) is 9.61. The van der Waals surface area contributed by atoms with Gasteiger partial charge in [0.15, 0.2) is 5.13 Å². The third-order valence-electron chi connectivity index (χ3n) is 5.33. The van der Waals surface area contributed by atoms with Crippen molar-refractivity contribution in [2.45, 2.75) is 12.8 Å². The maximum absolute atomic E-state index is 9.46. The Balaban J connectivity index is 0.000000377. The summed E-state index contributed by atoms with van der Waals surface area (Å²) in [6.45, 7) is 4.00. The average Bonchev–Trinajstić information content (AvgIpc) is 3.43. The molecule has 1 aromatic carbocycles. The molecule has 2 aromatic rings. The number of hydrogen-bond acceptors (Lipinski definition) is 8. The molecule has 7 N–H and O–H groups in total. The van der Waals surface area contributed by atoms with Gasteiger partial charge in [-0.25, -0.2) is 10.4 Å². The number of anilines is 2. The minimum Gasteiger partial charge on any atom is -0.480 e. The van der Waals surface area contributed by atoms with E-state index in [1.54, 1.807) is 6.20 Å². The molecule has 11 heteroatoms. The number of carboxylic acid groups (broad SMARTS) is 1. The lowest BCUT2D eigenvalue weighted by molar-refractivity contribution is -0.135. The van der Waals surface area contributed by atoms with Gasteiger partial charge >= 0.3 is 5.97 Å². The fourth-order valence-corrected chi connectivity index (χ4v) is 4.87. The smallest absolute Gasteiger partial charge is 0.318 e. The third-order valence-corrected chi connectivity index (χ3v) is 6.66. The van der Waals surface area contributed by atoms with E-state index in [-0.39, 0.29) is 12.4 Å². The predicted molar refractivity (Wildman–Crippen MR) is 121 cm³/mol. The Bertz CT molecular complexity index is 909. The number of benzene rings is 1. The van der Waals surface area contributed by atoms with E-state index in [4.69, 9.17) is 27.9 Å². The molecule has 4 rings (SSSR count). The van der Waals surface area contributed by atoms with Crippen molar-refractivity contribution in [2.24, 2.45) is 17.0 Å². The van der Waals surface area contributed by atoms with E-state index in [9.17, 15) is 4.79 Å². The molecule has 1 unspecified atom stereocenters. The van der Waals surface area contributed by atoms with Crippen molar-refractivity contribution in [1.29, 1.82) is 5.41 Å². The first-order chi connectivity index (χ1) is 14.3. The highest BCUT2D eigenvalue weighted by atomic mass is 35.5. The molecule has 9 nitrogen and oxygen atoms in total. The number of carbonyl (C=O) groups is 1. The number of aromatic nitrogens is 1. The number of nitrogens with two attached hydrogens (primary N) is 2. The van der Waals surface area contributed by atoms with Crippen molar-refractivity contribution in [2.75, 3.05) is 42.5 Å². The molecular weight excluding hydrogens is 426 g/mol. The number of thiazole rings is 1. The second-order valence-electron chi connectivity index (χ2n) is 7.52. The van der Waals surface area contributed by atoms with Crippen LogP contribution in [-0.4, -0.2) is 54.6 Å². The predicted octanol–water partition coefficient (Wildman–Crippen LogP) is 1.72. The Kier molecular flexibility index (Phi) is 7.14.